The maximum atomic E-state index is 12.7. The Morgan fingerprint density at radius 1 is 1.27 bits per heavy atom. The number of nitrogens with one attached hydrogen (secondary N) is 2. The molecule has 0 aliphatic carbocycles. The number of anilines is 1. The fourth-order valence-corrected chi connectivity index (χ4v) is 2.76. The van der Waals surface area contributed by atoms with E-state index in [1.165, 1.54) is 13.2 Å². The number of hydrogen-bond donors (Lipinski definition) is 2. The van der Waals surface area contributed by atoms with Crippen LogP contribution in [0.1, 0.15) is 19.6 Å². The van der Waals surface area contributed by atoms with Crippen molar-refractivity contribution >= 4 is 23.5 Å². The SMILES string of the molecule is CCOc1ccccc1NC(=O)CN1C(=O)N[C@@](C)(c2ccco2)C1=O. The Bertz CT molecular complexity index is 833. The van der Waals surface area contributed by atoms with Gasteiger partial charge >= 0.3 is 6.03 Å². The van der Waals surface area contributed by atoms with Crippen molar-refractivity contribution in [2.75, 3.05) is 18.5 Å². The summed E-state index contributed by atoms with van der Waals surface area (Å²) in [6, 6.07) is 9.51. The van der Waals surface area contributed by atoms with Crippen LogP contribution in [0.4, 0.5) is 10.5 Å². The molecule has 8 nitrogen and oxygen atoms in total. The van der Waals surface area contributed by atoms with E-state index >= 15 is 0 Å². The monoisotopic (exact) mass is 357 g/mol. The third-order valence-electron chi connectivity index (χ3n) is 4.05. The van der Waals surface area contributed by atoms with Crippen LogP contribution in [0.3, 0.4) is 0 Å². The molecule has 1 atom stereocenters. The molecule has 0 bridgehead atoms. The van der Waals surface area contributed by atoms with E-state index in [-0.39, 0.29) is 0 Å². The number of nitrogens with zero attached hydrogens (tertiary/aromatic N) is 1. The van der Waals surface area contributed by atoms with Crippen LogP contribution in [0, 0.1) is 0 Å². The molecule has 2 N–H and O–H groups in total. The minimum absolute atomic E-state index is 0.306. The first-order chi connectivity index (χ1) is 12.5. The second-order valence-corrected chi connectivity index (χ2v) is 5.90. The van der Waals surface area contributed by atoms with Gasteiger partial charge in [-0.2, -0.15) is 0 Å². The van der Waals surface area contributed by atoms with Crippen molar-refractivity contribution in [2.24, 2.45) is 0 Å². The van der Waals surface area contributed by atoms with E-state index in [0.29, 0.717) is 23.8 Å². The number of carbonyl (C=O) groups excluding carboxylic acids is 3. The van der Waals surface area contributed by atoms with Crippen molar-refractivity contribution < 1.29 is 23.5 Å². The Balaban J connectivity index is 1.72. The standard InChI is InChI=1S/C18H19N3O5/c1-3-25-13-8-5-4-7-12(13)19-15(22)11-21-16(23)18(2,20-17(21)24)14-9-6-10-26-14/h4-10H,3,11H2,1-2H3,(H,19,22)(H,20,24)/t18-/m0/s1. The van der Waals surface area contributed by atoms with Gasteiger partial charge in [-0.05, 0) is 38.1 Å². The molecular formula is C18H19N3O5. The molecule has 0 unspecified atom stereocenters. The zero-order valence-corrected chi connectivity index (χ0v) is 14.4. The summed E-state index contributed by atoms with van der Waals surface area (Å²) in [5.41, 5.74) is -0.857. The lowest BCUT2D eigenvalue weighted by Gasteiger charge is -2.19. The smallest absolute Gasteiger partial charge is 0.325 e. The van der Waals surface area contributed by atoms with Crippen LogP contribution in [0.15, 0.2) is 47.1 Å². The normalized spacial score (nSPS) is 19.4. The van der Waals surface area contributed by atoms with Crippen molar-refractivity contribution in [1.82, 2.24) is 10.2 Å². The maximum absolute atomic E-state index is 12.7. The summed E-state index contributed by atoms with van der Waals surface area (Å²) in [6.07, 6.45) is 1.42. The maximum Gasteiger partial charge on any atom is 0.325 e. The highest BCUT2D eigenvalue weighted by Crippen LogP contribution is 2.29. The topological polar surface area (TPSA) is 101 Å². The van der Waals surface area contributed by atoms with Crippen LogP contribution in [0.5, 0.6) is 5.75 Å². The highest BCUT2D eigenvalue weighted by Gasteiger charge is 2.51. The quantitative estimate of drug-likeness (QED) is 0.771. The number of furan rings is 1. The first-order valence-corrected chi connectivity index (χ1v) is 8.15. The van der Waals surface area contributed by atoms with E-state index in [9.17, 15) is 14.4 Å². The lowest BCUT2D eigenvalue weighted by Crippen LogP contribution is -2.41. The number of carbonyl (C=O) groups is 3. The molecule has 0 saturated carbocycles. The van der Waals surface area contributed by atoms with Crippen LogP contribution in [-0.4, -0.2) is 35.9 Å². The van der Waals surface area contributed by atoms with E-state index in [0.717, 1.165) is 4.90 Å². The van der Waals surface area contributed by atoms with E-state index < -0.39 is 29.9 Å². The second kappa shape index (κ2) is 6.91. The molecule has 136 valence electrons. The number of ether oxygens (including phenoxy) is 1. The summed E-state index contributed by atoms with van der Waals surface area (Å²) in [6.45, 7) is 3.40. The fourth-order valence-electron chi connectivity index (χ4n) is 2.76. The lowest BCUT2D eigenvalue weighted by atomic mass is 9.99. The Labute approximate surface area is 150 Å². The molecule has 1 fully saturated rings. The third kappa shape index (κ3) is 3.13. The third-order valence-corrected chi connectivity index (χ3v) is 4.05. The summed E-state index contributed by atoms with van der Waals surface area (Å²) in [4.78, 5) is 38.1. The predicted molar refractivity (Wildman–Crippen MR) is 92.5 cm³/mol. The minimum Gasteiger partial charge on any atom is -0.492 e. The number of imide groups is 1. The van der Waals surface area contributed by atoms with Gasteiger partial charge in [-0.3, -0.25) is 14.5 Å². The van der Waals surface area contributed by atoms with Crippen molar-refractivity contribution in [3.05, 3.63) is 48.4 Å². The average molecular weight is 357 g/mol. The summed E-state index contributed by atoms with van der Waals surface area (Å²) in [5.74, 6) is -0.239. The summed E-state index contributed by atoms with van der Waals surface area (Å²) < 4.78 is 10.7. The number of para-hydroxylation sites is 2. The molecule has 0 spiro atoms. The molecule has 2 aromatic rings. The van der Waals surface area contributed by atoms with Crippen molar-refractivity contribution in [2.45, 2.75) is 19.4 Å². The van der Waals surface area contributed by atoms with Crippen LogP contribution >= 0.6 is 0 Å². The van der Waals surface area contributed by atoms with Crippen LogP contribution in [0.2, 0.25) is 0 Å². The number of benzene rings is 1. The first-order valence-electron chi connectivity index (χ1n) is 8.15. The van der Waals surface area contributed by atoms with E-state index in [1.54, 1.807) is 36.4 Å². The number of amides is 4. The number of rotatable bonds is 6. The Morgan fingerprint density at radius 2 is 2.04 bits per heavy atom. The van der Waals surface area contributed by atoms with Gasteiger partial charge in [-0.15, -0.1) is 0 Å². The number of hydrogen-bond acceptors (Lipinski definition) is 5. The van der Waals surface area contributed by atoms with E-state index in [4.69, 9.17) is 9.15 Å². The zero-order chi connectivity index (χ0) is 18.7. The lowest BCUT2D eigenvalue weighted by molar-refractivity contribution is -0.134. The van der Waals surface area contributed by atoms with Crippen molar-refractivity contribution in [1.29, 1.82) is 0 Å². The summed E-state index contributed by atoms with van der Waals surface area (Å²) >= 11 is 0. The molecule has 2 heterocycles. The molecule has 0 radical (unpaired) electrons. The number of urea groups is 1. The van der Waals surface area contributed by atoms with Gasteiger partial charge in [0.25, 0.3) is 5.91 Å². The highest BCUT2D eigenvalue weighted by molar-refractivity contribution is 6.10. The molecule has 3 rings (SSSR count). The van der Waals surface area contributed by atoms with Crippen LogP contribution < -0.4 is 15.4 Å². The van der Waals surface area contributed by atoms with Gasteiger partial charge in [0.2, 0.25) is 5.91 Å². The average Bonchev–Trinajstić information content (AvgIpc) is 3.22. The molecule has 1 aromatic heterocycles. The van der Waals surface area contributed by atoms with Gasteiger partial charge < -0.3 is 19.8 Å². The fraction of sp³-hybridized carbons (Fsp3) is 0.278. The first kappa shape index (κ1) is 17.5. The van der Waals surface area contributed by atoms with Gasteiger partial charge in [0.05, 0.1) is 18.6 Å². The Morgan fingerprint density at radius 3 is 2.73 bits per heavy atom. The molecule has 1 aliphatic rings. The van der Waals surface area contributed by atoms with Gasteiger partial charge in [0, 0.05) is 0 Å². The molecule has 1 saturated heterocycles. The van der Waals surface area contributed by atoms with E-state index in [1.807, 2.05) is 6.92 Å². The van der Waals surface area contributed by atoms with Gasteiger partial charge in [0.1, 0.15) is 18.1 Å². The summed E-state index contributed by atoms with van der Waals surface area (Å²) in [5, 5.41) is 5.24. The molecular weight excluding hydrogens is 338 g/mol. The molecule has 4 amide bonds. The van der Waals surface area contributed by atoms with Gasteiger partial charge in [-0.1, -0.05) is 12.1 Å². The van der Waals surface area contributed by atoms with Crippen LogP contribution in [0.25, 0.3) is 0 Å². The Hall–Kier alpha value is -3.29. The minimum atomic E-state index is -1.33. The van der Waals surface area contributed by atoms with E-state index in [2.05, 4.69) is 10.6 Å². The molecule has 1 aliphatic heterocycles. The second-order valence-electron chi connectivity index (χ2n) is 5.90. The molecule has 8 heteroatoms. The van der Waals surface area contributed by atoms with Gasteiger partial charge in [-0.25, -0.2) is 4.79 Å². The zero-order valence-electron chi connectivity index (χ0n) is 14.4. The van der Waals surface area contributed by atoms with Crippen molar-refractivity contribution in [3.63, 3.8) is 0 Å². The van der Waals surface area contributed by atoms with Crippen LogP contribution in [-0.2, 0) is 15.1 Å². The Kier molecular flexibility index (Phi) is 4.66. The van der Waals surface area contributed by atoms with Crippen molar-refractivity contribution in [3.8, 4) is 5.75 Å². The predicted octanol–water partition coefficient (Wildman–Crippen LogP) is 2.08. The highest BCUT2D eigenvalue weighted by atomic mass is 16.5. The molecule has 1 aromatic carbocycles. The van der Waals surface area contributed by atoms with Gasteiger partial charge in [0.15, 0.2) is 5.54 Å². The largest absolute Gasteiger partial charge is 0.492 e. The molecule has 26 heavy (non-hydrogen) atoms. The summed E-state index contributed by atoms with van der Waals surface area (Å²) in [7, 11) is 0.